The highest BCUT2D eigenvalue weighted by atomic mass is 16.5. The molecule has 0 aromatic carbocycles. The first-order chi connectivity index (χ1) is 10.2. The molecule has 0 saturated heterocycles. The maximum absolute atomic E-state index is 12.6. The minimum atomic E-state index is -0.226. The second-order valence-corrected chi connectivity index (χ2v) is 4.48. The van der Waals surface area contributed by atoms with Gasteiger partial charge in [-0.2, -0.15) is 0 Å². The van der Waals surface area contributed by atoms with Gasteiger partial charge in [0.2, 0.25) is 0 Å². The monoisotopic (exact) mass is 286 g/mol. The zero-order chi connectivity index (χ0) is 15.1. The SMILES string of the molecule is COCCN(Cc1ccccn1)C(=O)c1ncccc1N. The fourth-order valence-electron chi connectivity index (χ4n) is 1.89. The third-order valence-electron chi connectivity index (χ3n) is 2.97. The van der Waals surface area contributed by atoms with Crippen molar-refractivity contribution < 1.29 is 9.53 Å². The average Bonchev–Trinajstić information content (AvgIpc) is 2.52. The third kappa shape index (κ3) is 4.00. The summed E-state index contributed by atoms with van der Waals surface area (Å²) in [5.41, 5.74) is 7.25. The number of amides is 1. The van der Waals surface area contributed by atoms with Crippen LogP contribution in [-0.4, -0.2) is 41.0 Å². The number of hydrogen-bond acceptors (Lipinski definition) is 5. The smallest absolute Gasteiger partial charge is 0.275 e. The molecule has 2 N–H and O–H groups in total. The molecule has 2 heterocycles. The van der Waals surface area contributed by atoms with Crippen LogP contribution in [0.1, 0.15) is 16.2 Å². The molecule has 0 atom stereocenters. The fraction of sp³-hybridized carbons (Fsp3) is 0.267. The molecule has 0 spiro atoms. The van der Waals surface area contributed by atoms with Crippen molar-refractivity contribution in [3.63, 3.8) is 0 Å². The van der Waals surface area contributed by atoms with Gasteiger partial charge in [0.05, 0.1) is 24.5 Å². The number of carbonyl (C=O) groups is 1. The van der Waals surface area contributed by atoms with Gasteiger partial charge in [0.25, 0.3) is 5.91 Å². The number of aromatic nitrogens is 2. The van der Waals surface area contributed by atoms with E-state index in [9.17, 15) is 4.79 Å². The largest absolute Gasteiger partial charge is 0.397 e. The van der Waals surface area contributed by atoms with E-state index in [4.69, 9.17) is 10.5 Å². The zero-order valence-electron chi connectivity index (χ0n) is 11.9. The van der Waals surface area contributed by atoms with Crippen molar-refractivity contribution in [2.45, 2.75) is 6.54 Å². The fourth-order valence-corrected chi connectivity index (χ4v) is 1.89. The molecule has 0 aliphatic rings. The molecular formula is C15H18N4O2. The Bertz CT molecular complexity index is 589. The number of rotatable bonds is 6. The van der Waals surface area contributed by atoms with Gasteiger partial charge in [-0.25, -0.2) is 4.98 Å². The van der Waals surface area contributed by atoms with Crippen molar-refractivity contribution in [3.8, 4) is 0 Å². The summed E-state index contributed by atoms with van der Waals surface area (Å²) in [6.45, 7) is 1.27. The first-order valence-corrected chi connectivity index (χ1v) is 6.61. The van der Waals surface area contributed by atoms with E-state index in [1.54, 1.807) is 36.5 Å². The lowest BCUT2D eigenvalue weighted by atomic mass is 10.2. The van der Waals surface area contributed by atoms with Crippen LogP contribution in [0.3, 0.4) is 0 Å². The van der Waals surface area contributed by atoms with Gasteiger partial charge in [0.1, 0.15) is 0 Å². The molecule has 2 rings (SSSR count). The van der Waals surface area contributed by atoms with E-state index in [0.29, 0.717) is 25.4 Å². The minimum Gasteiger partial charge on any atom is -0.397 e. The Morgan fingerprint density at radius 3 is 2.71 bits per heavy atom. The van der Waals surface area contributed by atoms with Gasteiger partial charge >= 0.3 is 0 Å². The van der Waals surface area contributed by atoms with Gasteiger partial charge in [-0.15, -0.1) is 0 Å². The average molecular weight is 286 g/mol. The third-order valence-corrected chi connectivity index (χ3v) is 2.97. The highest BCUT2D eigenvalue weighted by Gasteiger charge is 2.19. The van der Waals surface area contributed by atoms with Crippen LogP contribution in [-0.2, 0) is 11.3 Å². The Hall–Kier alpha value is -2.47. The van der Waals surface area contributed by atoms with E-state index >= 15 is 0 Å². The summed E-state index contributed by atoms with van der Waals surface area (Å²) in [5, 5.41) is 0. The maximum Gasteiger partial charge on any atom is 0.275 e. The highest BCUT2D eigenvalue weighted by Crippen LogP contribution is 2.12. The molecule has 1 amide bonds. The number of hydrogen-bond donors (Lipinski definition) is 1. The van der Waals surface area contributed by atoms with E-state index < -0.39 is 0 Å². The summed E-state index contributed by atoms with van der Waals surface area (Å²) in [4.78, 5) is 22.5. The number of pyridine rings is 2. The maximum atomic E-state index is 12.6. The number of nitrogens with two attached hydrogens (primary N) is 1. The second kappa shape index (κ2) is 7.35. The van der Waals surface area contributed by atoms with Gasteiger partial charge in [0.15, 0.2) is 5.69 Å². The quantitative estimate of drug-likeness (QED) is 0.866. The van der Waals surface area contributed by atoms with Gasteiger partial charge < -0.3 is 15.4 Å². The van der Waals surface area contributed by atoms with Crippen LogP contribution >= 0.6 is 0 Å². The molecule has 0 aliphatic carbocycles. The van der Waals surface area contributed by atoms with Crippen LogP contribution < -0.4 is 5.73 Å². The molecule has 2 aromatic heterocycles. The van der Waals surface area contributed by atoms with Crippen molar-refractivity contribution in [1.82, 2.24) is 14.9 Å². The molecule has 21 heavy (non-hydrogen) atoms. The van der Waals surface area contributed by atoms with E-state index in [1.807, 2.05) is 18.2 Å². The van der Waals surface area contributed by atoms with Crippen molar-refractivity contribution in [2.24, 2.45) is 0 Å². The summed E-state index contributed by atoms with van der Waals surface area (Å²) in [7, 11) is 1.60. The molecule has 0 radical (unpaired) electrons. The summed E-state index contributed by atoms with van der Waals surface area (Å²) < 4.78 is 5.06. The Morgan fingerprint density at radius 1 is 1.24 bits per heavy atom. The van der Waals surface area contributed by atoms with Crippen molar-refractivity contribution in [2.75, 3.05) is 26.0 Å². The number of nitrogens with zero attached hydrogens (tertiary/aromatic N) is 3. The molecule has 0 fully saturated rings. The Balaban J connectivity index is 2.19. The summed E-state index contributed by atoms with van der Waals surface area (Å²) >= 11 is 0. The number of anilines is 1. The Morgan fingerprint density at radius 2 is 2.05 bits per heavy atom. The van der Waals surface area contributed by atoms with Crippen molar-refractivity contribution >= 4 is 11.6 Å². The molecule has 2 aromatic rings. The lowest BCUT2D eigenvalue weighted by molar-refractivity contribution is 0.0673. The van der Waals surface area contributed by atoms with E-state index in [0.717, 1.165) is 5.69 Å². The predicted octanol–water partition coefficient (Wildman–Crippen LogP) is 1.35. The Kier molecular flexibility index (Phi) is 5.22. The topological polar surface area (TPSA) is 81.3 Å². The molecular weight excluding hydrogens is 268 g/mol. The summed E-state index contributed by atoms with van der Waals surface area (Å²) in [5.74, 6) is -0.226. The number of nitrogen functional groups attached to an aromatic ring is 1. The van der Waals surface area contributed by atoms with Crippen molar-refractivity contribution in [1.29, 1.82) is 0 Å². The van der Waals surface area contributed by atoms with Crippen LogP contribution in [0.4, 0.5) is 5.69 Å². The summed E-state index contributed by atoms with van der Waals surface area (Å²) in [6.07, 6.45) is 3.25. The summed E-state index contributed by atoms with van der Waals surface area (Å²) in [6, 6.07) is 8.95. The molecule has 110 valence electrons. The van der Waals surface area contributed by atoms with Crippen molar-refractivity contribution in [3.05, 3.63) is 54.1 Å². The molecule has 6 heteroatoms. The van der Waals surface area contributed by atoms with Gasteiger partial charge in [-0.05, 0) is 24.3 Å². The first kappa shape index (κ1) is 14.9. The number of carbonyl (C=O) groups excluding carboxylic acids is 1. The predicted molar refractivity (Wildman–Crippen MR) is 79.5 cm³/mol. The van der Waals surface area contributed by atoms with E-state index in [1.165, 1.54) is 0 Å². The molecule has 0 unspecified atom stereocenters. The first-order valence-electron chi connectivity index (χ1n) is 6.61. The molecule has 0 aliphatic heterocycles. The Labute approximate surface area is 123 Å². The number of methoxy groups -OCH3 is 1. The highest BCUT2D eigenvalue weighted by molar-refractivity contribution is 5.97. The van der Waals surface area contributed by atoms with Crippen LogP contribution in [0.5, 0.6) is 0 Å². The van der Waals surface area contributed by atoms with Crippen LogP contribution in [0.2, 0.25) is 0 Å². The normalized spacial score (nSPS) is 10.3. The van der Waals surface area contributed by atoms with Crippen LogP contribution in [0.25, 0.3) is 0 Å². The molecule has 0 saturated carbocycles. The second-order valence-electron chi connectivity index (χ2n) is 4.48. The van der Waals surface area contributed by atoms with E-state index in [-0.39, 0.29) is 11.6 Å². The van der Waals surface area contributed by atoms with E-state index in [2.05, 4.69) is 9.97 Å². The van der Waals surface area contributed by atoms with Gasteiger partial charge in [-0.1, -0.05) is 6.07 Å². The lowest BCUT2D eigenvalue weighted by Gasteiger charge is -2.22. The zero-order valence-corrected chi connectivity index (χ0v) is 11.9. The number of ether oxygens (including phenoxy) is 1. The minimum absolute atomic E-state index is 0.226. The standard InChI is InChI=1S/C15H18N4O2/c1-21-10-9-19(11-12-5-2-3-7-17-12)15(20)14-13(16)6-4-8-18-14/h2-8H,9-11,16H2,1H3. The van der Waals surface area contributed by atoms with Gasteiger partial charge in [0, 0.05) is 26.0 Å². The molecule has 0 bridgehead atoms. The van der Waals surface area contributed by atoms with Gasteiger partial charge in [-0.3, -0.25) is 9.78 Å². The van der Waals surface area contributed by atoms with Crippen LogP contribution in [0, 0.1) is 0 Å². The molecule has 6 nitrogen and oxygen atoms in total. The van der Waals surface area contributed by atoms with Crippen LogP contribution in [0.15, 0.2) is 42.7 Å². The lowest BCUT2D eigenvalue weighted by Crippen LogP contribution is -2.34.